The van der Waals surface area contributed by atoms with Gasteiger partial charge < -0.3 is 5.32 Å². The molecule has 1 atom stereocenters. The Morgan fingerprint density at radius 3 is 2.73 bits per heavy atom. The highest BCUT2D eigenvalue weighted by molar-refractivity contribution is 7.89. The van der Waals surface area contributed by atoms with Gasteiger partial charge in [0.2, 0.25) is 10.0 Å². The van der Waals surface area contributed by atoms with Gasteiger partial charge in [-0.2, -0.15) is 4.31 Å². The van der Waals surface area contributed by atoms with Crippen LogP contribution in [0.1, 0.15) is 25.3 Å². The van der Waals surface area contributed by atoms with Crippen molar-refractivity contribution in [2.45, 2.75) is 37.6 Å². The minimum atomic E-state index is -3.74. The third kappa shape index (κ3) is 3.29. The molecule has 1 saturated heterocycles. The number of non-ortho nitro benzene ring substituents is 1. The summed E-state index contributed by atoms with van der Waals surface area (Å²) in [6, 6.07) is 3.89. The largest absolute Gasteiger partial charge is 0.315 e. The molecular weight excluding hydrogens is 306 g/mol. The molecule has 1 unspecified atom stereocenters. The summed E-state index contributed by atoms with van der Waals surface area (Å²) in [5.41, 5.74) is 0.322. The Morgan fingerprint density at radius 2 is 2.18 bits per heavy atom. The summed E-state index contributed by atoms with van der Waals surface area (Å²) in [5, 5.41) is 14.1. The Morgan fingerprint density at radius 1 is 1.45 bits per heavy atom. The molecule has 0 spiro atoms. The second kappa shape index (κ2) is 6.72. The maximum atomic E-state index is 13.0. The van der Waals surface area contributed by atoms with E-state index in [2.05, 4.69) is 5.32 Å². The zero-order chi connectivity index (χ0) is 16.3. The molecule has 122 valence electrons. The van der Waals surface area contributed by atoms with Crippen LogP contribution in [0.15, 0.2) is 23.1 Å². The molecule has 0 saturated carbocycles. The number of hydrogen-bond donors (Lipinski definition) is 1. The number of aryl methyl sites for hydroxylation is 1. The Bertz CT molecular complexity index is 654. The molecule has 1 aromatic rings. The van der Waals surface area contributed by atoms with Crippen LogP contribution >= 0.6 is 0 Å². The standard InChI is InChI=1S/C14H21N3O4S/c1-3-8-16(13-6-7-15-10-13)22(20,21)14-9-12(17(18)19)5-4-11(14)2/h4-5,9,13,15H,3,6-8,10H2,1-2H3. The molecule has 1 aliphatic rings. The monoisotopic (exact) mass is 327 g/mol. The molecule has 0 aromatic heterocycles. The first-order valence-electron chi connectivity index (χ1n) is 7.35. The molecule has 0 aliphatic carbocycles. The lowest BCUT2D eigenvalue weighted by Gasteiger charge is -2.27. The molecule has 8 heteroatoms. The van der Waals surface area contributed by atoms with E-state index >= 15 is 0 Å². The maximum absolute atomic E-state index is 13.0. The molecular formula is C14H21N3O4S. The quantitative estimate of drug-likeness (QED) is 0.634. The molecule has 7 nitrogen and oxygen atoms in total. The minimum absolute atomic E-state index is 0.0297. The molecule has 1 N–H and O–H groups in total. The molecule has 1 heterocycles. The van der Waals surface area contributed by atoms with Gasteiger partial charge in [0.15, 0.2) is 0 Å². The van der Waals surface area contributed by atoms with Gasteiger partial charge >= 0.3 is 0 Å². The summed E-state index contributed by atoms with van der Waals surface area (Å²) >= 11 is 0. The Hall–Kier alpha value is -1.51. The summed E-state index contributed by atoms with van der Waals surface area (Å²) in [7, 11) is -3.74. The molecule has 22 heavy (non-hydrogen) atoms. The molecule has 1 aromatic carbocycles. The first-order valence-corrected chi connectivity index (χ1v) is 8.79. The van der Waals surface area contributed by atoms with Crippen molar-refractivity contribution in [3.05, 3.63) is 33.9 Å². The Labute approximate surface area is 130 Å². The van der Waals surface area contributed by atoms with Crippen LogP contribution in [0, 0.1) is 17.0 Å². The topological polar surface area (TPSA) is 92.6 Å². The summed E-state index contributed by atoms with van der Waals surface area (Å²) in [4.78, 5) is 10.4. The average Bonchev–Trinajstić information content (AvgIpc) is 2.98. The van der Waals surface area contributed by atoms with Crippen molar-refractivity contribution < 1.29 is 13.3 Å². The molecule has 0 radical (unpaired) electrons. The van der Waals surface area contributed by atoms with E-state index in [1.807, 2.05) is 6.92 Å². The van der Waals surface area contributed by atoms with Gasteiger partial charge in [0.05, 0.1) is 9.82 Å². The average molecular weight is 327 g/mol. The highest BCUT2D eigenvalue weighted by Crippen LogP contribution is 2.27. The number of hydrogen-bond acceptors (Lipinski definition) is 5. The smallest absolute Gasteiger partial charge is 0.270 e. The van der Waals surface area contributed by atoms with E-state index in [0.29, 0.717) is 25.1 Å². The van der Waals surface area contributed by atoms with Crippen LogP contribution < -0.4 is 5.32 Å². The lowest BCUT2D eigenvalue weighted by Crippen LogP contribution is -2.42. The van der Waals surface area contributed by atoms with Gasteiger partial charge in [-0.05, 0) is 31.9 Å². The molecule has 1 aliphatic heterocycles. The van der Waals surface area contributed by atoms with E-state index < -0.39 is 14.9 Å². The van der Waals surface area contributed by atoms with Gasteiger partial charge in [-0.1, -0.05) is 13.0 Å². The number of benzene rings is 1. The highest BCUT2D eigenvalue weighted by atomic mass is 32.2. The van der Waals surface area contributed by atoms with E-state index in [0.717, 1.165) is 19.0 Å². The predicted octanol–water partition coefficient (Wildman–Crippen LogP) is 1.67. The van der Waals surface area contributed by atoms with Crippen molar-refractivity contribution in [1.29, 1.82) is 0 Å². The summed E-state index contributed by atoms with van der Waals surface area (Å²) in [6.45, 7) is 5.40. The zero-order valence-corrected chi connectivity index (χ0v) is 13.6. The fourth-order valence-corrected chi connectivity index (χ4v) is 4.70. The van der Waals surface area contributed by atoms with Gasteiger partial charge in [0, 0.05) is 31.3 Å². The third-order valence-corrected chi connectivity index (χ3v) is 5.95. The second-order valence-corrected chi connectivity index (χ2v) is 7.33. The SMILES string of the molecule is CCCN(C1CCNC1)S(=O)(=O)c1cc([N+](=O)[O-])ccc1C. The number of nitro groups is 1. The van der Waals surface area contributed by atoms with E-state index in [1.165, 1.54) is 16.4 Å². The maximum Gasteiger partial charge on any atom is 0.270 e. The summed E-state index contributed by atoms with van der Waals surface area (Å²) in [5.74, 6) is 0. The minimum Gasteiger partial charge on any atom is -0.315 e. The lowest BCUT2D eigenvalue weighted by molar-refractivity contribution is -0.385. The van der Waals surface area contributed by atoms with Crippen LogP contribution in [-0.4, -0.2) is 43.3 Å². The first kappa shape index (κ1) is 16.9. The van der Waals surface area contributed by atoms with Crippen molar-refractivity contribution in [3.8, 4) is 0 Å². The summed E-state index contributed by atoms with van der Waals surface area (Å²) < 4.78 is 27.4. The van der Waals surface area contributed by atoms with Crippen molar-refractivity contribution in [1.82, 2.24) is 9.62 Å². The number of nitrogens with zero attached hydrogens (tertiary/aromatic N) is 2. The van der Waals surface area contributed by atoms with Crippen LogP contribution in [0.5, 0.6) is 0 Å². The summed E-state index contributed by atoms with van der Waals surface area (Å²) in [6.07, 6.45) is 1.46. The van der Waals surface area contributed by atoms with Crippen LogP contribution in [0.3, 0.4) is 0 Å². The van der Waals surface area contributed by atoms with Crippen molar-refractivity contribution >= 4 is 15.7 Å². The lowest BCUT2D eigenvalue weighted by atomic mass is 10.2. The first-order chi connectivity index (χ1) is 10.4. The molecule has 2 rings (SSSR count). The van der Waals surface area contributed by atoms with E-state index in [4.69, 9.17) is 0 Å². The molecule has 1 fully saturated rings. The Balaban J connectivity index is 2.46. The van der Waals surface area contributed by atoms with Crippen molar-refractivity contribution in [2.75, 3.05) is 19.6 Å². The van der Waals surface area contributed by atoms with E-state index in [1.54, 1.807) is 6.92 Å². The van der Waals surface area contributed by atoms with Crippen LogP contribution in [0.4, 0.5) is 5.69 Å². The van der Waals surface area contributed by atoms with Gasteiger partial charge in [-0.25, -0.2) is 8.42 Å². The zero-order valence-electron chi connectivity index (χ0n) is 12.8. The van der Waals surface area contributed by atoms with Crippen LogP contribution in [-0.2, 0) is 10.0 Å². The van der Waals surface area contributed by atoms with Crippen molar-refractivity contribution in [3.63, 3.8) is 0 Å². The molecule has 0 bridgehead atoms. The number of nitrogens with one attached hydrogen (secondary N) is 1. The van der Waals surface area contributed by atoms with Gasteiger partial charge in [0.25, 0.3) is 5.69 Å². The number of rotatable bonds is 6. The molecule has 0 amide bonds. The van der Waals surface area contributed by atoms with E-state index in [-0.39, 0.29) is 16.6 Å². The van der Waals surface area contributed by atoms with Gasteiger partial charge in [-0.15, -0.1) is 0 Å². The fraction of sp³-hybridized carbons (Fsp3) is 0.571. The van der Waals surface area contributed by atoms with Crippen molar-refractivity contribution in [2.24, 2.45) is 0 Å². The second-order valence-electron chi connectivity index (χ2n) is 5.47. The number of sulfonamides is 1. The van der Waals surface area contributed by atoms with E-state index in [9.17, 15) is 18.5 Å². The normalized spacial score (nSPS) is 18.8. The van der Waals surface area contributed by atoms with Crippen LogP contribution in [0.25, 0.3) is 0 Å². The van der Waals surface area contributed by atoms with Gasteiger partial charge in [-0.3, -0.25) is 10.1 Å². The number of nitro benzene ring substituents is 1. The third-order valence-electron chi connectivity index (χ3n) is 3.85. The predicted molar refractivity (Wildman–Crippen MR) is 83.3 cm³/mol. The van der Waals surface area contributed by atoms with Gasteiger partial charge in [0.1, 0.15) is 0 Å². The van der Waals surface area contributed by atoms with Crippen LogP contribution in [0.2, 0.25) is 0 Å². The highest BCUT2D eigenvalue weighted by Gasteiger charge is 2.34. The fourth-order valence-electron chi connectivity index (χ4n) is 2.71. The Kier molecular flexibility index (Phi) is 5.15.